The fourth-order valence-electron chi connectivity index (χ4n) is 5.48. The Balaban J connectivity index is 1.38. The molecule has 0 heterocycles. The molecule has 272 valence electrons. The molecule has 0 atom stereocenters. The molecule has 0 saturated carbocycles. The quantitative estimate of drug-likeness (QED) is 0.0650. The molecule has 6 rings (SSSR count). The third-order valence-electron chi connectivity index (χ3n) is 7.86. The minimum atomic E-state index is -4.90. The van der Waals surface area contributed by atoms with Gasteiger partial charge in [0, 0.05) is 33.6 Å². The summed E-state index contributed by atoms with van der Waals surface area (Å²) >= 11 is 0. The van der Waals surface area contributed by atoms with Gasteiger partial charge in [0.05, 0.1) is 18.5 Å². The number of nitrogens with zero attached hydrogens (tertiary/aromatic N) is 4. The third-order valence-corrected chi connectivity index (χ3v) is 10.5. The number of benzene rings is 6. The average Bonchev–Trinajstić information content (AvgIpc) is 3.09. The van der Waals surface area contributed by atoms with Crippen LogP contribution in [0, 0.1) is 6.92 Å². The largest absolute Gasteiger partial charge is 0.506 e. The Morgan fingerprint density at radius 2 is 1.26 bits per heavy atom. The number of rotatable bonds is 10. The topological polar surface area (TPSA) is 254 Å². The van der Waals surface area contributed by atoms with Crippen LogP contribution < -0.4 is 10.1 Å². The number of aryl methyl sites for hydroxylation is 1. The van der Waals surface area contributed by atoms with Gasteiger partial charge in [-0.25, -0.2) is 0 Å². The summed E-state index contributed by atoms with van der Waals surface area (Å²) in [7, 11) is -13.3. The molecule has 19 heteroatoms. The molecule has 6 aromatic carbocycles. The molecular formula is C34H27N5O11S3. The van der Waals surface area contributed by atoms with E-state index in [2.05, 4.69) is 25.8 Å². The molecule has 6 aromatic rings. The van der Waals surface area contributed by atoms with Crippen LogP contribution in [-0.4, -0.2) is 51.1 Å². The molecule has 0 fully saturated rings. The van der Waals surface area contributed by atoms with Crippen molar-refractivity contribution >= 4 is 86.0 Å². The summed E-state index contributed by atoms with van der Waals surface area (Å²) in [4.78, 5) is -1.94. The van der Waals surface area contributed by atoms with Gasteiger partial charge in [-0.3, -0.25) is 13.7 Å². The lowest BCUT2D eigenvalue weighted by molar-refractivity contribution is 0.419. The number of para-hydroxylation sites is 1. The van der Waals surface area contributed by atoms with Crippen molar-refractivity contribution in [1.82, 2.24) is 0 Å². The van der Waals surface area contributed by atoms with Crippen LogP contribution in [0.1, 0.15) is 5.56 Å². The monoisotopic (exact) mass is 777 g/mol. The second kappa shape index (κ2) is 14.0. The molecule has 0 bridgehead atoms. The minimum Gasteiger partial charge on any atom is -0.506 e. The molecule has 53 heavy (non-hydrogen) atoms. The zero-order chi connectivity index (χ0) is 38.3. The first-order valence-corrected chi connectivity index (χ1v) is 19.4. The number of aromatic hydroxyl groups is 1. The molecule has 0 aliphatic rings. The molecule has 0 aliphatic heterocycles. The van der Waals surface area contributed by atoms with E-state index >= 15 is 0 Å². The summed E-state index contributed by atoms with van der Waals surface area (Å²) in [5.74, 6) is -0.521. The Kier molecular flexibility index (Phi) is 9.73. The first kappa shape index (κ1) is 36.9. The number of hydrogen-bond donors (Lipinski definition) is 5. The van der Waals surface area contributed by atoms with Crippen molar-refractivity contribution in [2.24, 2.45) is 20.5 Å². The van der Waals surface area contributed by atoms with E-state index in [1.807, 2.05) is 30.3 Å². The highest BCUT2D eigenvalue weighted by atomic mass is 32.2. The van der Waals surface area contributed by atoms with Gasteiger partial charge in [-0.1, -0.05) is 30.3 Å². The normalized spacial score (nSPS) is 12.6. The van der Waals surface area contributed by atoms with Crippen molar-refractivity contribution in [2.75, 3.05) is 12.4 Å². The van der Waals surface area contributed by atoms with Crippen LogP contribution in [0.3, 0.4) is 0 Å². The molecule has 0 spiro atoms. The average molecular weight is 778 g/mol. The first-order chi connectivity index (χ1) is 24.9. The Labute approximate surface area is 302 Å². The Hall–Kier alpha value is -5.83. The van der Waals surface area contributed by atoms with Gasteiger partial charge in [0.2, 0.25) is 0 Å². The summed E-state index contributed by atoms with van der Waals surface area (Å²) in [6.45, 7) is 1.55. The number of nitrogens with one attached hydrogen (secondary N) is 1. The van der Waals surface area contributed by atoms with Gasteiger partial charge < -0.3 is 15.2 Å². The highest BCUT2D eigenvalue weighted by Gasteiger charge is 2.24. The highest BCUT2D eigenvalue weighted by Crippen LogP contribution is 2.44. The summed E-state index contributed by atoms with van der Waals surface area (Å²) in [5.41, 5.74) is 1.07. The zero-order valence-electron chi connectivity index (χ0n) is 27.4. The van der Waals surface area contributed by atoms with Gasteiger partial charge in [-0.05, 0) is 78.5 Å². The van der Waals surface area contributed by atoms with E-state index in [1.54, 1.807) is 25.1 Å². The van der Waals surface area contributed by atoms with Gasteiger partial charge in [0.25, 0.3) is 30.4 Å². The van der Waals surface area contributed by atoms with Crippen molar-refractivity contribution in [2.45, 2.75) is 21.6 Å². The molecule has 16 nitrogen and oxygen atoms in total. The van der Waals surface area contributed by atoms with Crippen LogP contribution in [-0.2, 0) is 30.4 Å². The van der Waals surface area contributed by atoms with E-state index in [9.17, 15) is 44.0 Å². The smallest absolute Gasteiger partial charge is 0.296 e. The summed E-state index contributed by atoms with van der Waals surface area (Å²) < 4.78 is 109. The number of phenols is 1. The van der Waals surface area contributed by atoms with E-state index in [-0.39, 0.29) is 39.3 Å². The fourth-order valence-corrected chi connectivity index (χ4v) is 7.56. The van der Waals surface area contributed by atoms with Crippen molar-refractivity contribution in [3.8, 4) is 11.5 Å². The lowest BCUT2D eigenvalue weighted by atomic mass is 10.1. The van der Waals surface area contributed by atoms with Gasteiger partial charge in [-0.15, -0.1) is 10.2 Å². The standard InChI is InChI=1S/C34H27N5O11S3/c1-19-13-28(29(40)18-27(19)37-36-23-16-26-25(31(17-23)52(44,45)46)9-6-10-30(26)51(41,42)43)38-39-33-32(53(47,48)49)15-20-14-22(11-12-24(20)34(33)50-2)35-21-7-4-3-5-8-21/h3-18,35,40H,1-2H3,(H,41,42,43)(H,44,45,46)(H,47,48,49). The Morgan fingerprint density at radius 1 is 0.585 bits per heavy atom. The van der Waals surface area contributed by atoms with Crippen LogP contribution in [0.2, 0.25) is 0 Å². The molecule has 0 amide bonds. The number of anilines is 2. The number of phenolic OH excluding ortho intramolecular Hbond substituents is 1. The molecule has 0 radical (unpaired) electrons. The van der Waals surface area contributed by atoms with Crippen molar-refractivity contribution < 1.29 is 48.8 Å². The number of ether oxygens (including phenoxy) is 1. The van der Waals surface area contributed by atoms with Crippen molar-refractivity contribution in [3.05, 3.63) is 103 Å². The van der Waals surface area contributed by atoms with Crippen molar-refractivity contribution in [1.29, 1.82) is 0 Å². The zero-order valence-corrected chi connectivity index (χ0v) is 29.8. The number of methoxy groups -OCH3 is 1. The SMILES string of the molecule is COc1c(N=Nc2cc(C)c(N=Nc3cc(S(=O)(=O)O)c4cccc(S(=O)(=O)O)c4c3)cc2O)c(S(=O)(=O)O)cc2cc(Nc3ccccc3)ccc12. The van der Waals surface area contributed by atoms with Crippen LogP contribution in [0.5, 0.6) is 11.5 Å². The van der Waals surface area contributed by atoms with Gasteiger partial charge in [0.15, 0.2) is 5.75 Å². The lowest BCUT2D eigenvalue weighted by Crippen LogP contribution is -2.03. The Morgan fingerprint density at radius 3 is 1.92 bits per heavy atom. The number of azo groups is 2. The van der Waals surface area contributed by atoms with Crippen molar-refractivity contribution in [3.63, 3.8) is 0 Å². The second-order valence-electron chi connectivity index (χ2n) is 11.4. The molecule has 0 aliphatic carbocycles. The third kappa shape index (κ3) is 7.84. The summed E-state index contributed by atoms with van der Waals surface area (Å²) in [5, 5.41) is 30.5. The molecule has 5 N–H and O–H groups in total. The number of fused-ring (bicyclic) bond motifs is 2. The minimum absolute atomic E-state index is 0.0245. The molecular weight excluding hydrogens is 751 g/mol. The number of hydrogen-bond acceptors (Lipinski definition) is 13. The first-order valence-electron chi connectivity index (χ1n) is 15.1. The maximum Gasteiger partial charge on any atom is 0.296 e. The maximum atomic E-state index is 12.5. The van der Waals surface area contributed by atoms with E-state index in [0.717, 1.165) is 30.0 Å². The predicted molar refractivity (Wildman–Crippen MR) is 195 cm³/mol. The van der Waals surface area contributed by atoms with Gasteiger partial charge in [0.1, 0.15) is 31.8 Å². The lowest BCUT2D eigenvalue weighted by Gasteiger charge is -2.14. The maximum absolute atomic E-state index is 12.5. The van der Waals surface area contributed by atoms with E-state index < -0.39 is 50.8 Å². The molecule has 0 unspecified atom stereocenters. The van der Waals surface area contributed by atoms with Crippen LogP contribution in [0.15, 0.2) is 132 Å². The van der Waals surface area contributed by atoms with Crippen LogP contribution in [0.25, 0.3) is 21.5 Å². The van der Waals surface area contributed by atoms with Gasteiger partial charge in [-0.2, -0.15) is 35.5 Å². The van der Waals surface area contributed by atoms with E-state index in [0.29, 0.717) is 22.0 Å². The van der Waals surface area contributed by atoms with E-state index in [4.69, 9.17) is 4.74 Å². The summed E-state index contributed by atoms with van der Waals surface area (Å²) in [6, 6.07) is 23.5. The van der Waals surface area contributed by atoms with E-state index in [1.165, 1.54) is 31.4 Å². The fraction of sp³-hybridized carbons (Fsp3) is 0.0588. The van der Waals surface area contributed by atoms with Crippen LogP contribution >= 0.6 is 0 Å². The predicted octanol–water partition coefficient (Wildman–Crippen LogP) is 8.33. The molecule has 0 aromatic heterocycles. The second-order valence-corrected chi connectivity index (χ2v) is 15.6. The van der Waals surface area contributed by atoms with Gasteiger partial charge >= 0.3 is 0 Å². The Bertz CT molecular complexity index is 2850. The molecule has 0 saturated heterocycles. The van der Waals surface area contributed by atoms with Crippen LogP contribution in [0.4, 0.5) is 34.1 Å². The highest BCUT2D eigenvalue weighted by molar-refractivity contribution is 7.86. The summed E-state index contributed by atoms with van der Waals surface area (Å²) in [6.07, 6.45) is 0.